The molecule has 22 heavy (non-hydrogen) atoms. The van der Waals surface area contributed by atoms with Crippen LogP contribution in [0.4, 0.5) is 0 Å². The van der Waals surface area contributed by atoms with Crippen LogP contribution in [0.1, 0.15) is 35.7 Å². The molecule has 0 aliphatic carbocycles. The molecule has 0 N–H and O–H groups in total. The highest BCUT2D eigenvalue weighted by molar-refractivity contribution is 14.1. The first-order valence-corrected chi connectivity index (χ1v) is 9.46. The Morgan fingerprint density at radius 3 is 2.64 bits per heavy atom. The molecule has 0 heterocycles. The number of ketones is 1. The lowest BCUT2D eigenvalue weighted by atomic mass is 10.1. The molecule has 3 heteroatoms. The van der Waals surface area contributed by atoms with Crippen LogP contribution < -0.4 is 0 Å². The largest absolute Gasteiger partial charge is 0.289 e. The van der Waals surface area contributed by atoms with E-state index in [0.29, 0.717) is 0 Å². The predicted octanol–water partition coefficient (Wildman–Crippen LogP) is 6.08. The first-order chi connectivity index (χ1) is 10.7. The molecule has 0 radical (unpaired) electrons. The fraction of sp³-hybridized carbons (Fsp3) is 0.211. The zero-order chi connectivity index (χ0) is 15.8. The molecule has 0 fully saturated rings. The van der Waals surface area contributed by atoms with Crippen LogP contribution in [0.5, 0.6) is 0 Å². The fourth-order valence-electron chi connectivity index (χ4n) is 1.92. The van der Waals surface area contributed by atoms with Gasteiger partial charge in [0, 0.05) is 14.0 Å². The summed E-state index contributed by atoms with van der Waals surface area (Å²) in [5, 5.41) is 0. The van der Waals surface area contributed by atoms with Gasteiger partial charge in [0.25, 0.3) is 0 Å². The van der Waals surface area contributed by atoms with E-state index in [-0.39, 0.29) is 5.78 Å². The lowest BCUT2D eigenvalue weighted by Crippen LogP contribution is -1.94. The number of thioether (sulfide) groups is 1. The molecule has 0 spiro atoms. The molecule has 114 valence electrons. The van der Waals surface area contributed by atoms with Gasteiger partial charge in [0.1, 0.15) is 0 Å². The summed E-state index contributed by atoms with van der Waals surface area (Å²) in [6, 6.07) is 16.0. The third-order valence-electron chi connectivity index (χ3n) is 3.18. The molecule has 0 amide bonds. The number of hydrogen-bond donors (Lipinski definition) is 0. The lowest BCUT2D eigenvalue weighted by molar-refractivity contribution is 0.104. The van der Waals surface area contributed by atoms with E-state index in [1.165, 1.54) is 17.7 Å². The van der Waals surface area contributed by atoms with Crippen molar-refractivity contribution in [2.45, 2.75) is 24.7 Å². The topological polar surface area (TPSA) is 17.1 Å². The molecule has 0 bridgehead atoms. The van der Waals surface area contributed by atoms with Crippen molar-refractivity contribution in [3.63, 3.8) is 0 Å². The monoisotopic (exact) mass is 422 g/mol. The van der Waals surface area contributed by atoms with Crippen molar-refractivity contribution in [2.75, 3.05) is 5.75 Å². The number of benzene rings is 2. The van der Waals surface area contributed by atoms with Crippen molar-refractivity contribution in [3.8, 4) is 0 Å². The molecule has 2 aromatic rings. The fourth-order valence-corrected chi connectivity index (χ4v) is 3.46. The Morgan fingerprint density at radius 2 is 1.95 bits per heavy atom. The average molecular weight is 422 g/mol. The second-order valence-corrected chi connectivity index (χ2v) is 7.39. The van der Waals surface area contributed by atoms with E-state index in [2.05, 4.69) is 53.8 Å². The Labute approximate surface area is 150 Å². The molecular weight excluding hydrogens is 403 g/mol. The quantitative estimate of drug-likeness (QED) is 0.177. The SMILES string of the molecule is CCCCSc1ccc(C=CC(=O)c2cccc(I)c2)cc1. The second kappa shape index (κ2) is 9.16. The van der Waals surface area contributed by atoms with Gasteiger partial charge in [0.2, 0.25) is 0 Å². The highest BCUT2D eigenvalue weighted by Crippen LogP contribution is 2.20. The van der Waals surface area contributed by atoms with Gasteiger partial charge in [-0.3, -0.25) is 4.79 Å². The summed E-state index contributed by atoms with van der Waals surface area (Å²) < 4.78 is 1.07. The van der Waals surface area contributed by atoms with Crippen LogP contribution in [0, 0.1) is 3.57 Å². The van der Waals surface area contributed by atoms with Crippen LogP contribution in [0.25, 0.3) is 6.08 Å². The summed E-state index contributed by atoms with van der Waals surface area (Å²) in [6.45, 7) is 2.21. The lowest BCUT2D eigenvalue weighted by Gasteiger charge is -2.01. The van der Waals surface area contributed by atoms with E-state index < -0.39 is 0 Å². The molecule has 1 nitrogen and oxygen atoms in total. The molecule has 0 atom stereocenters. The minimum Gasteiger partial charge on any atom is -0.289 e. The molecule has 0 aliphatic heterocycles. The second-order valence-electron chi connectivity index (χ2n) is 4.98. The third kappa shape index (κ3) is 5.61. The van der Waals surface area contributed by atoms with Gasteiger partial charge in [-0.1, -0.05) is 43.7 Å². The minimum atomic E-state index is 0.0416. The normalized spacial score (nSPS) is 11.0. The number of halogens is 1. The van der Waals surface area contributed by atoms with Crippen molar-refractivity contribution >= 4 is 46.2 Å². The summed E-state index contributed by atoms with van der Waals surface area (Å²) in [5.41, 5.74) is 1.79. The summed E-state index contributed by atoms with van der Waals surface area (Å²) in [7, 11) is 0. The van der Waals surface area contributed by atoms with Crippen molar-refractivity contribution < 1.29 is 4.79 Å². The van der Waals surface area contributed by atoms with E-state index in [4.69, 9.17) is 0 Å². The number of carbonyl (C=O) groups is 1. The minimum absolute atomic E-state index is 0.0416. The van der Waals surface area contributed by atoms with E-state index >= 15 is 0 Å². The molecular formula is C19H19IOS. The van der Waals surface area contributed by atoms with E-state index in [1.807, 2.05) is 42.1 Å². The van der Waals surface area contributed by atoms with E-state index in [9.17, 15) is 4.79 Å². The van der Waals surface area contributed by atoms with Crippen molar-refractivity contribution in [3.05, 3.63) is 69.3 Å². The highest BCUT2D eigenvalue weighted by Gasteiger charge is 2.01. The number of rotatable bonds is 7. The first kappa shape index (κ1) is 17.3. The van der Waals surface area contributed by atoms with Crippen LogP contribution >= 0.6 is 34.4 Å². The van der Waals surface area contributed by atoms with Gasteiger partial charge in [-0.15, -0.1) is 11.8 Å². The molecule has 2 rings (SSSR count). The maximum atomic E-state index is 12.1. The third-order valence-corrected chi connectivity index (χ3v) is 4.95. The molecule has 0 aliphatic rings. The van der Waals surface area contributed by atoms with Gasteiger partial charge < -0.3 is 0 Å². The van der Waals surface area contributed by atoms with Gasteiger partial charge in [-0.2, -0.15) is 0 Å². The zero-order valence-corrected chi connectivity index (χ0v) is 15.6. The van der Waals surface area contributed by atoms with Crippen LogP contribution in [-0.2, 0) is 0 Å². The van der Waals surface area contributed by atoms with Crippen molar-refractivity contribution in [2.24, 2.45) is 0 Å². The summed E-state index contributed by atoms with van der Waals surface area (Å²) in [6.07, 6.45) is 6.00. The molecule has 0 aromatic heterocycles. The highest BCUT2D eigenvalue weighted by atomic mass is 127. The Balaban J connectivity index is 1.96. The van der Waals surface area contributed by atoms with Crippen LogP contribution in [-0.4, -0.2) is 11.5 Å². The van der Waals surface area contributed by atoms with Gasteiger partial charge in [0.05, 0.1) is 0 Å². The predicted molar refractivity (Wildman–Crippen MR) is 105 cm³/mol. The summed E-state index contributed by atoms with van der Waals surface area (Å²) in [5.74, 6) is 1.21. The van der Waals surface area contributed by atoms with Crippen LogP contribution in [0.2, 0.25) is 0 Å². The van der Waals surface area contributed by atoms with Crippen molar-refractivity contribution in [1.82, 2.24) is 0 Å². The maximum Gasteiger partial charge on any atom is 0.185 e. The zero-order valence-electron chi connectivity index (χ0n) is 12.6. The summed E-state index contributed by atoms with van der Waals surface area (Å²) in [4.78, 5) is 13.4. The Hall–Kier alpha value is -1.07. The van der Waals surface area contributed by atoms with Crippen molar-refractivity contribution in [1.29, 1.82) is 0 Å². The number of allylic oxidation sites excluding steroid dienone is 1. The molecule has 0 saturated heterocycles. The van der Waals surface area contributed by atoms with E-state index in [0.717, 1.165) is 20.4 Å². The number of hydrogen-bond acceptors (Lipinski definition) is 2. The van der Waals surface area contributed by atoms with Gasteiger partial charge in [-0.05, 0) is 70.7 Å². The Kier molecular flexibility index (Phi) is 7.19. The Morgan fingerprint density at radius 1 is 1.18 bits per heavy atom. The molecule has 0 saturated carbocycles. The average Bonchev–Trinajstić information content (AvgIpc) is 2.54. The van der Waals surface area contributed by atoms with Gasteiger partial charge in [0.15, 0.2) is 5.78 Å². The van der Waals surface area contributed by atoms with Crippen LogP contribution in [0.15, 0.2) is 59.5 Å². The van der Waals surface area contributed by atoms with Gasteiger partial charge >= 0.3 is 0 Å². The maximum absolute atomic E-state index is 12.1. The summed E-state index contributed by atoms with van der Waals surface area (Å²) >= 11 is 4.10. The Bertz CT molecular complexity index is 647. The molecule has 2 aromatic carbocycles. The molecule has 0 unspecified atom stereocenters. The van der Waals surface area contributed by atoms with E-state index in [1.54, 1.807) is 6.08 Å². The standard InChI is InChI=1S/C19H19IOS/c1-2-3-13-22-18-10-7-15(8-11-18)9-12-19(21)16-5-4-6-17(20)14-16/h4-12,14H,2-3,13H2,1H3. The van der Waals surface area contributed by atoms with Crippen LogP contribution in [0.3, 0.4) is 0 Å². The van der Waals surface area contributed by atoms with Gasteiger partial charge in [-0.25, -0.2) is 0 Å². The number of carbonyl (C=O) groups excluding carboxylic acids is 1. The number of unbranched alkanes of at least 4 members (excludes halogenated alkanes) is 1. The smallest absolute Gasteiger partial charge is 0.185 e. The first-order valence-electron chi connectivity index (χ1n) is 7.40.